The Morgan fingerprint density at radius 3 is 2.47 bits per heavy atom. The van der Waals surface area contributed by atoms with Gasteiger partial charge in [0.05, 0.1) is 5.92 Å². The molecule has 2 bridgehead atoms. The number of rotatable bonds is 4. The summed E-state index contributed by atoms with van der Waals surface area (Å²) < 4.78 is 0. The molecule has 0 aliphatic carbocycles. The van der Waals surface area contributed by atoms with Gasteiger partial charge in [0, 0.05) is 12.1 Å². The maximum atomic E-state index is 12.0. The van der Waals surface area contributed by atoms with Crippen LogP contribution in [0.5, 0.6) is 0 Å². The number of carboxylic acid groups (broad SMARTS) is 1. The summed E-state index contributed by atoms with van der Waals surface area (Å²) in [5.74, 6) is -1.20. The van der Waals surface area contributed by atoms with E-state index in [1.807, 2.05) is 0 Å². The zero-order valence-corrected chi connectivity index (χ0v) is 10.3. The fourth-order valence-corrected chi connectivity index (χ4v) is 2.89. The summed E-state index contributed by atoms with van der Waals surface area (Å²) in [6.45, 7) is 3.61. The van der Waals surface area contributed by atoms with Gasteiger partial charge in [-0.2, -0.15) is 0 Å². The summed E-state index contributed by atoms with van der Waals surface area (Å²) in [7, 11) is 0. The van der Waals surface area contributed by atoms with Gasteiger partial charge in [0.1, 0.15) is 6.04 Å². The number of hydrogen-bond acceptors (Lipinski definition) is 3. The van der Waals surface area contributed by atoms with Crippen molar-refractivity contribution in [3.05, 3.63) is 0 Å². The molecule has 0 saturated carbocycles. The first-order valence-corrected chi connectivity index (χ1v) is 6.28. The molecule has 96 valence electrons. The van der Waals surface area contributed by atoms with Crippen molar-refractivity contribution in [2.24, 2.45) is 11.8 Å². The molecule has 1 amide bonds. The maximum Gasteiger partial charge on any atom is 0.326 e. The summed E-state index contributed by atoms with van der Waals surface area (Å²) in [4.78, 5) is 23.1. The van der Waals surface area contributed by atoms with Gasteiger partial charge < -0.3 is 15.7 Å². The van der Waals surface area contributed by atoms with E-state index in [0.29, 0.717) is 6.04 Å². The van der Waals surface area contributed by atoms with E-state index < -0.39 is 12.0 Å². The van der Waals surface area contributed by atoms with E-state index in [1.165, 1.54) is 0 Å². The van der Waals surface area contributed by atoms with E-state index in [1.54, 1.807) is 13.8 Å². The highest BCUT2D eigenvalue weighted by Crippen LogP contribution is 2.33. The van der Waals surface area contributed by atoms with Crippen molar-refractivity contribution in [3.8, 4) is 0 Å². The minimum atomic E-state index is -0.954. The van der Waals surface area contributed by atoms with Crippen LogP contribution in [-0.2, 0) is 9.59 Å². The first-order valence-electron chi connectivity index (χ1n) is 6.28. The second-order valence-electron chi connectivity index (χ2n) is 5.46. The molecule has 2 fully saturated rings. The highest BCUT2D eigenvalue weighted by Gasteiger charge is 2.43. The standard InChI is InChI=1S/C12H20N2O3/c1-6(2)10(12(16)17)14-11(15)8-5-7-3-4-9(8)13-7/h6-10,13H,3-5H2,1-2H3,(H,14,15)(H,16,17). The summed E-state index contributed by atoms with van der Waals surface area (Å²) in [6.07, 6.45) is 3.02. The lowest BCUT2D eigenvalue weighted by Crippen LogP contribution is -2.48. The number of nitrogens with one attached hydrogen (secondary N) is 2. The number of carboxylic acids is 1. The Labute approximate surface area is 101 Å². The number of amides is 1. The topological polar surface area (TPSA) is 78.4 Å². The number of hydrogen-bond donors (Lipinski definition) is 3. The van der Waals surface area contributed by atoms with Crippen LogP contribution in [0.1, 0.15) is 33.1 Å². The van der Waals surface area contributed by atoms with Crippen molar-refractivity contribution >= 4 is 11.9 Å². The Morgan fingerprint density at radius 2 is 2.06 bits per heavy atom. The molecule has 2 heterocycles. The molecule has 4 unspecified atom stereocenters. The van der Waals surface area contributed by atoms with Crippen LogP contribution in [-0.4, -0.2) is 35.1 Å². The van der Waals surface area contributed by atoms with Crippen molar-refractivity contribution in [3.63, 3.8) is 0 Å². The van der Waals surface area contributed by atoms with Gasteiger partial charge in [-0.25, -0.2) is 4.79 Å². The van der Waals surface area contributed by atoms with E-state index >= 15 is 0 Å². The largest absolute Gasteiger partial charge is 0.480 e. The molecule has 5 nitrogen and oxygen atoms in total. The number of carbonyl (C=O) groups is 2. The average molecular weight is 240 g/mol. The van der Waals surface area contributed by atoms with Crippen molar-refractivity contribution < 1.29 is 14.7 Å². The molecule has 0 aromatic carbocycles. The molecule has 17 heavy (non-hydrogen) atoms. The van der Waals surface area contributed by atoms with E-state index in [0.717, 1.165) is 19.3 Å². The van der Waals surface area contributed by atoms with Gasteiger partial charge in [-0.1, -0.05) is 13.8 Å². The van der Waals surface area contributed by atoms with Crippen LogP contribution in [0.25, 0.3) is 0 Å². The lowest BCUT2D eigenvalue weighted by atomic mass is 9.88. The summed E-state index contributed by atoms with van der Waals surface area (Å²) >= 11 is 0. The monoisotopic (exact) mass is 240 g/mol. The van der Waals surface area contributed by atoms with E-state index in [2.05, 4.69) is 10.6 Å². The summed E-state index contributed by atoms with van der Waals surface area (Å²) in [5, 5.41) is 15.1. The SMILES string of the molecule is CC(C)C(NC(=O)C1CC2CCC1N2)C(=O)O. The van der Waals surface area contributed by atoms with Gasteiger partial charge >= 0.3 is 5.97 Å². The molecule has 3 N–H and O–H groups in total. The zero-order valence-electron chi connectivity index (χ0n) is 10.3. The van der Waals surface area contributed by atoms with Crippen LogP contribution in [0.15, 0.2) is 0 Å². The number of fused-ring (bicyclic) bond motifs is 2. The third-order valence-electron chi connectivity index (χ3n) is 3.87. The van der Waals surface area contributed by atoms with Gasteiger partial charge in [-0.05, 0) is 25.2 Å². The van der Waals surface area contributed by atoms with Crippen LogP contribution in [0.3, 0.4) is 0 Å². The van der Waals surface area contributed by atoms with Gasteiger partial charge in [-0.15, -0.1) is 0 Å². The molecule has 4 atom stereocenters. The Morgan fingerprint density at radius 1 is 1.35 bits per heavy atom. The second kappa shape index (κ2) is 4.64. The van der Waals surface area contributed by atoms with E-state index in [-0.39, 0.29) is 23.8 Å². The molecule has 2 saturated heterocycles. The van der Waals surface area contributed by atoms with Gasteiger partial charge in [0.15, 0.2) is 0 Å². The molecule has 0 radical (unpaired) electrons. The molecule has 0 aromatic heterocycles. The first-order chi connectivity index (χ1) is 7.99. The summed E-state index contributed by atoms with van der Waals surface area (Å²) in [6, 6.07) is -0.0682. The molecular formula is C12H20N2O3. The molecule has 0 spiro atoms. The fourth-order valence-electron chi connectivity index (χ4n) is 2.89. The van der Waals surface area contributed by atoms with Crippen LogP contribution < -0.4 is 10.6 Å². The lowest BCUT2D eigenvalue weighted by molar-refractivity contribution is -0.143. The van der Waals surface area contributed by atoms with Gasteiger partial charge in [0.2, 0.25) is 5.91 Å². The molecule has 2 aliphatic heterocycles. The van der Waals surface area contributed by atoms with Crippen LogP contribution in [0, 0.1) is 11.8 Å². The zero-order chi connectivity index (χ0) is 12.6. The normalized spacial score (nSPS) is 32.8. The van der Waals surface area contributed by atoms with Crippen LogP contribution in [0.2, 0.25) is 0 Å². The van der Waals surface area contributed by atoms with Crippen molar-refractivity contribution in [1.82, 2.24) is 10.6 Å². The third kappa shape index (κ3) is 2.44. The van der Waals surface area contributed by atoms with Crippen LogP contribution >= 0.6 is 0 Å². The third-order valence-corrected chi connectivity index (χ3v) is 3.87. The summed E-state index contributed by atoms with van der Waals surface area (Å²) in [5.41, 5.74) is 0. The second-order valence-corrected chi connectivity index (χ2v) is 5.46. The Bertz CT molecular complexity index is 330. The first kappa shape index (κ1) is 12.4. The molecule has 5 heteroatoms. The maximum absolute atomic E-state index is 12.0. The Hall–Kier alpha value is -1.10. The highest BCUT2D eigenvalue weighted by molar-refractivity contribution is 5.86. The predicted molar refractivity (Wildman–Crippen MR) is 62.5 cm³/mol. The predicted octanol–water partition coefficient (Wildman–Crippen LogP) is 0.352. The van der Waals surface area contributed by atoms with Crippen molar-refractivity contribution in [2.75, 3.05) is 0 Å². The Kier molecular flexibility index (Phi) is 3.38. The molecule has 0 aromatic rings. The average Bonchev–Trinajstić information content (AvgIpc) is 2.85. The molecule has 2 aliphatic rings. The van der Waals surface area contributed by atoms with Crippen molar-refractivity contribution in [1.29, 1.82) is 0 Å². The van der Waals surface area contributed by atoms with E-state index in [4.69, 9.17) is 5.11 Å². The van der Waals surface area contributed by atoms with Gasteiger partial charge in [-0.3, -0.25) is 4.79 Å². The van der Waals surface area contributed by atoms with Crippen LogP contribution in [0.4, 0.5) is 0 Å². The minimum Gasteiger partial charge on any atom is -0.480 e. The lowest BCUT2D eigenvalue weighted by Gasteiger charge is -2.24. The Balaban J connectivity index is 1.94. The quantitative estimate of drug-likeness (QED) is 0.662. The molecular weight excluding hydrogens is 220 g/mol. The highest BCUT2D eigenvalue weighted by atomic mass is 16.4. The van der Waals surface area contributed by atoms with E-state index in [9.17, 15) is 9.59 Å². The minimum absolute atomic E-state index is 0.0469. The van der Waals surface area contributed by atoms with Gasteiger partial charge in [0.25, 0.3) is 0 Å². The number of carbonyl (C=O) groups excluding carboxylic acids is 1. The smallest absolute Gasteiger partial charge is 0.326 e. The fraction of sp³-hybridized carbons (Fsp3) is 0.833. The number of aliphatic carboxylic acids is 1. The van der Waals surface area contributed by atoms with Crippen molar-refractivity contribution in [2.45, 2.75) is 51.2 Å². The molecule has 2 rings (SSSR count).